The fraction of sp³-hybridized carbons (Fsp3) is 0.125. The van der Waals surface area contributed by atoms with Gasteiger partial charge in [-0.05, 0) is 11.6 Å². The molecule has 0 aromatic heterocycles. The molecule has 1 amide bonds. The standard InChI is InChI=1S/C16H10F2N2O2/c17-12-7-14(13(18)6-11(12)8-19)20-15(9-22-16(20)21)10-4-2-1-3-5-10/h1-7,15H,9H2/t15-/m0/s1. The highest BCUT2D eigenvalue weighted by Crippen LogP contribution is 2.35. The molecule has 1 aliphatic rings. The van der Waals surface area contributed by atoms with Crippen LogP contribution in [0.2, 0.25) is 0 Å². The Morgan fingerprint density at radius 3 is 2.59 bits per heavy atom. The summed E-state index contributed by atoms with van der Waals surface area (Å²) in [4.78, 5) is 13.0. The summed E-state index contributed by atoms with van der Waals surface area (Å²) >= 11 is 0. The molecular formula is C16H10F2N2O2. The molecule has 0 radical (unpaired) electrons. The zero-order valence-corrected chi connectivity index (χ0v) is 11.3. The van der Waals surface area contributed by atoms with Crippen molar-refractivity contribution in [2.24, 2.45) is 0 Å². The predicted octanol–water partition coefficient (Wildman–Crippen LogP) is 3.53. The van der Waals surface area contributed by atoms with Gasteiger partial charge in [0, 0.05) is 6.07 Å². The van der Waals surface area contributed by atoms with Crippen LogP contribution in [0.1, 0.15) is 17.2 Å². The van der Waals surface area contributed by atoms with Crippen molar-refractivity contribution in [1.82, 2.24) is 0 Å². The third-order valence-electron chi connectivity index (χ3n) is 3.47. The van der Waals surface area contributed by atoms with Crippen molar-refractivity contribution in [3.05, 3.63) is 65.2 Å². The average Bonchev–Trinajstić information content (AvgIpc) is 2.91. The average molecular weight is 300 g/mol. The number of carbonyl (C=O) groups excluding carboxylic acids is 1. The van der Waals surface area contributed by atoms with E-state index in [-0.39, 0.29) is 12.3 Å². The quantitative estimate of drug-likeness (QED) is 0.852. The van der Waals surface area contributed by atoms with E-state index in [1.165, 1.54) is 0 Å². The van der Waals surface area contributed by atoms with Gasteiger partial charge in [-0.15, -0.1) is 0 Å². The van der Waals surface area contributed by atoms with Gasteiger partial charge >= 0.3 is 6.09 Å². The van der Waals surface area contributed by atoms with E-state index in [0.29, 0.717) is 0 Å². The second kappa shape index (κ2) is 5.45. The molecule has 0 bridgehead atoms. The van der Waals surface area contributed by atoms with Gasteiger partial charge in [0.2, 0.25) is 0 Å². The third kappa shape index (κ3) is 2.27. The Morgan fingerprint density at radius 2 is 1.91 bits per heavy atom. The lowest BCUT2D eigenvalue weighted by Gasteiger charge is -2.22. The molecule has 1 saturated heterocycles. The van der Waals surface area contributed by atoms with Gasteiger partial charge in [-0.3, -0.25) is 4.90 Å². The van der Waals surface area contributed by atoms with E-state index in [1.54, 1.807) is 30.3 Å². The topological polar surface area (TPSA) is 53.3 Å². The number of rotatable bonds is 2. The maximum absolute atomic E-state index is 14.2. The maximum atomic E-state index is 14.2. The zero-order valence-electron chi connectivity index (χ0n) is 11.3. The number of cyclic esters (lactones) is 1. The van der Waals surface area contributed by atoms with Crippen LogP contribution in [0.5, 0.6) is 0 Å². The van der Waals surface area contributed by atoms with Crippen molar-refractivity contribution in [2.75, 3.05) is 11.5 Å². The van der Waals surface area contributed by atoms with E-state index in [2.05, 4.69) is 0 Å². The SMILES string of the molecule is N#Cc1cc(F)c(N2C(=O)OC[C@H]2c2ccccc2)cc1F. The first-order chi connectivity index (χ1) is 10.6. The lowest BCUT2D eigenvalue weighted by atomic mass is 10.1. The molecule has 1 fully saturated rings. The van der Waals surface area contributed by atoms with Crippen LogP contribution in [0.15, 0.2) is 42.5 Å². The van der Waals surface area contributed by atoms with Crippen LogP contribution in [0.3, 0.4) is 0 Å². The van der Waals surface area contributed by atoms with E-state index in [1.807, 2.05) is 6.07 Å². The number of nitriles is 1. The number of ether oxygens (including phenoxy) is 1. The summed E-state index contributed by atoms with van der Waals surface area (Å²) in [6.07, 6.45) is -0.753. The monoisotopic (exact) mass is 300 g/mol. The summed E-state index contributed by atoms with van der Waals surface area (Å²) in [5.41, 5.74) is 0.0930. The fourth-order valence-electron chi connectivity index (χ4n) is 2.41. The van der Waals surface area contributed by atoms with E-state index in [0.717, 1.165) is 22.6 Å². The molecule has 1 atom stereocenters. The molecule has 3 rings (SSSR count). The first kappa shape index (κ1) is 14.0. The number of amides is 1. The molecule has 1 aliphatic heterocycles. The Hall–Kier alpha value is -2.94. The summed E-state index contributed by atoms with van der Waals surface area (Å²) in [5, 5.41) is 8.72. The Bertz CT molecular complexity index is 772. The lowest BCUT2D eigenvalue weighted by Crippen LogP contribution is -2.28. The van der Waals surface area contributed by atoms with E-state index in [9.17, 15) is 13.6 Å². The minimum Gasteiger partial charge on any atom is -0.447 e. The molecule has 2 aromatic carbocycles. The molecule has 6 heteroatoms. The van der Waals surface area contributed by atoms with Crippen molar-refractivity contribution < 1.29 is 18.3 Å². The van der Waals surface area contributed by atoms with Gasteiger partial charge in [0.25, 0.3) is 0 Å². The molecule has 22 heavy (non-hydrogen) atoms. The minimum atomic E-state index is -0.884. The van der Waals surface area contributed by atoms with Crippen LogP contribution in [-0.4, -0.2) is 12.7 Å². The van der Waals surface area contributed by atoms with Crippen LogP contribution in [0, 0.1) is 23.0 Å². The zero-order chi connectivity index (χ0) is 15.7. The molecule has 0 aliphatic carbocycles. The number of hydrogen-bond acceptors (Lipinski definition) is 3. The van der Waals surface area contributed by atoms with Crippen molar-refractivity contribution in [3.8, 4) is 6.07 Å². The number of benzene rings is 2. The van der Waals surface area contributed by atoms with Gasteiger partial charge in [-0.25, -0.2) is 13.6 Å². The summed E-state index contributed by atoms with van der Waals surface area (Å²) in [5.74, 6) is -1.73. The molecule has 0 N–H and O–H groups in total. The van der Waals surface area contributed by atoms with Gasteiger partial charge < -0.3 is 4.74 Å². The number of carbonyl (C=O) groups is 1. The Kier molecular flexibility index (Phi) is 3.47. The first-order valence-corrected chi connectivity index (χ1v) is 6.52. The highest BCUT2D eigenvalue weighted by atomic mass is 19.1. The van der Waals surface area contributed by atoms with E-state index < -0.39 is 29.3 Å². The van der Waals surface area contributed by atoms with Crippen LogP contribution >= 0.6 is 0 Å². The summed E-state index contributed by atoms with van der Waals surface area (Å²) in [7, 11) is 0. The second-order valence-electron chi connectivity index (χ2n) is 4.77. The predicted molar refractivity (Wildman–Crippen MR) is 74.1 cm³/mol. The molecule has 0 unspecified atom stereocenters. The highest BCUT2D eigenvalue weighted by molar-refractivity contribution is 5.90. The molecule has 110 valence electrons. The second-order valence-corrected chi connectivity index (χ2v) is 4.77. The lowest BCUT2D eigenvalue weighted by molar-refractivity contribution is 0.179. The number of hydrogen-bond donors (Lipinski definition) is 0. The molecule has 1 heterocycles. The maximum Gasteiger partial charge on any atom is 0.415 e. The smallest absolute Gasteiger partial charge is 0.415 e. The van der Waals surface area contributed by atoms with Crippen LogP contribution in [0.25, 0.3) is 0 Å². The first-order valence-electron chi connectivity index (χ1n) is 6.52. The van der Waals surface area contributed by atoms with Crippen molar-refractivity contribution >= 4 is 11.8 Å². The summed E-state index contributed by atoms with van der Waals surface area (Å²) in [6, 6.07) is 11.6. The summed E-state index contributed by atoms with van der Waals surface area (Å²) < 4.78 is 32.9. The van der Waals surface area contributed by atoms with E-state index in [4.69, 9.17) is 10.00 Å². The largest absolute Gasteiger partial charge is 0.447 e. The van der Waals surface area contributed by atoms with Crippen molar-refractivity contribution in [3.63, 3.8) is 0 Å². The molecule has 2 aromatic rings. The Labute approximate surface area is 125 Å². The molecule has 0 saturated carbocycles. The van der Waals surface area contributed by atoms with Crippen molar-refractivity contribution in [1.29, 1.82) is 5.26 Å². The van der Waals surface area contributed by atoms with Gasteiger partial charge in [0.15, 0.2) is 0 Å². The van der Waals surface area contributed by atoms with Gasteiger partial charge in [-0.2, -0.15) is 5.26 Å². The van der Waals surface area contributed by atoms with Crippen molar-refractivity contribution in [2.45, 2.75) is 6.04 Å². The summed E-state index contributed by atoms with van der Waals surface area (Å²) in [6.45, 7) is 0.0455. The van der Waals surface area contributed by atoms with Crippen LogP contribution in [-0.2, 0) is 4.74 Å². The molecular weight excluding hydrogens is 290 g/mol. The van der Waals surface area contributed by atoms with Gasteiger partial charge in [-0.1, -0.05) is 30.3 Å². The van der Waals surface area contributed by atoms with E-state index >= 15 is 0 Å². The van der Waals surface area contributed by atoms with Crippen LogP contribution in [0.4, 0.5) is 19.3 Å². The Morgan fingerprint density at radius 1 is 1.18 bits per heavy atom. The fourth-order valence-corrected chi connectivity index (χ4v) is 2.41. The number of halogens is 2. The normalized spacial score (nSPS) is 17.2. The molecule has 4 nitrogen and oxygen atoms in total. The number of nitrogens with zero attached hydrogens (tertiary/aromatic N) is 2. The number of anilines is 1. The van der Waals surface area contributed by atoms with Crippen LogP contribution < -0.4 is 4.90 Å². The highest BCUT2D eigenvalue weighted by Gasteiger charge is 2.37. The third-order valence-corrected chi connectivity index (χ3v) is 3.47. The Balaban J connectivity index is 2.07. The minimum absolute atomic E-state index is 0.0455. The van der Waals surface area contributed by atoms with Gasteiger partial charge in [0.1, 0.15) is 24.3 Å². The molecule has 0 spiro atoms. The van der Waals surface area contributed by atoms with Gasteiger partial charge in [0.05, 0.1) is 17.3 Å².